The van der Waals surface area contributed by atoms with Crippen LogP contribution in [0.25, 0.3) is 0 Å². The number of likely N-dealkylation sites (tertiary alicyclic amines) is 1. The predicted octanol–water partition coefficient (Wildman–Crippen LogP) is 14.0. The monoisotopic (exact) mass is 792 g/mol. The second-order valence-corrected chi connectivity index (χ2v) is 19.5. The Labute approximate surface area is 349 Å². The van der Waals surface area contributed by atoms with E-state index in [1.54, 1.807) is 0 Å². The smallest absolute Gasteiger partial charge is 0.308 e. The topological polar surface area (TPSA) is 65.1 Å². The summed E-state index contributed by atoms with van der Waals surface area (Å²) >= 11 is 0. The highest BCUT2D eigenvalue weighted by Crippen LogP contribution is 2.24. The van der Waals surface area contributed by atoms with Gasteiger partial charge in [0.05, 0.1) is 19.1 Å². The summed E-state index contributed by atoms with van der Waals surface area (Å²) in [5.41, 5.74) is 0. The number of esters is 2. The average molecular weight is 792 g/mol. The molecule has 0 aromatic carbocycles. The molecule has 1 heterocycles. The molecule has 0 bridgehead atoms. The van der Waals surface area contributed by atoms with E-state index in [0.29, 0.717) is 49.2 Å². The number of nitrogens with zero attached hydrogens (tertiary/aromatic N) is 1. The van der Waals surface area contributed by atoms with Crippen LogP contribution >= 0.6 is 0 Å². The molecule has 1 saturated heterocycles. The molecule has 0 aromatic rings. The van der Waals surface area contributed by atoms with Crippen molar-refractivity contribution in [1.82, 2.24) is 4.90 Å². The van der Waals surface area contributed by atoms with Crippen molar-refractivity contribution in [2.24, 2.45) is 41.4 Å². The van der Waals surface area contributed by atoms with Crippen LogP contribution in [0.4, 0.5) is 0 Å². The van der Waals surface area contributed by atoms with Gasteiger partial charge in [-0.05, 0) is 106 Å². The minimum Gasteiger partial charge on any atom is -0.465 e. The number of unbranched alkanes of at least 4 members (excludes halogenated alkanes) is 13. The maximum absolute atomic E-state index is 13.2. The molecule has 6 nitrogen and oxygen atoms in total. The molecule has 0 saturated carbocycles. The maximum Gasteiger partial charge on any atom is 0.308 e. The lowest BCUT2D eigenvalue weighted by atomic mass is 9.89. The molecule has 3 unspecified atom stereocenters. The second-order valence-electron chi connectivity index (χ2n) is 19.5. The van der Waals surface area contributed by atoms with Crippen LogP contribution in [0.5, 0.6) is 0 Å². The molecule has 0 spiro atoms. The van der Waals surface area contributed by atoms with E-state index in [1.807, 2.05) is 0 Å². The molecule has 0 aliphatic carbocycles. The van der Waals surface area contributed by atoms with Crippen LogP contribution in [0.15, 0.2) is 0 Å². The third-order valence-corrected chi connectivity index (χ3v) is 12.6. The fourth-order valence-electron chi connectivity index (χ4n) is 8.16. The van der Waals surface area contributed by atoms with Gasteiger partial charge in [-0.15, -0.1) is 0 Å². The van der Waals surface area contributed by atoms with Gasteiger partial charge >= 0.3 is 11.9 Å². The number of ether oxygens (including phenoxy) is 3. The highest BCUT2D eigenvalue weighted by Gasteiger charge is 2.20. The molecule has 0 N–H and O–H groups in total. The summed E-state index contributed by atoms with van der Waals surface area (Å²) in [4.78, 5) is 28.1. The van der Waals surface area contributed by atoms with Crippen LogP contribution in [-0.4, -0.2) is 62.9 Å². The van der Waals surface area contributed by atoms with E-state index >= 15 is 0 Å². The molecule has 1 aliphatic rings. The fraction of sp³-hybridized carbons (Fsp3) is 0.960. The Hall–Kier alpha value is -1.14. The van der Waals surface area contributed by atoms with Gasteiger partial charge in [-0.3, -0.25) is 9.59 Å². The van der Waals surface area contributed by atoms with E-state index in [4.69, 9.17) is 14.2 Å². The van der Waals surface area contributed by atoms with Gasteiger partial charge in [0.25, 0.3) is 0 Å². The van der Waals surface area contributed by atoms with Gasteiger partial charge in [0, 0.05) is 26.2 Å². The summed E-state index contributed by atoms with van der Waals surface area (Å²) in [6.45, 7) is 24.8. The molecular formula is C50H97NO5. The Morgan fingerprint density at radius 3 is 1.48 bits per heavy atom. The minimum atomic E-state index is -0.0242. The molecular weight excluding hydrogens is 695 g/mol. The van der Waals surface area contributed by atoms with Crippen molar-refractivity contribution < 1.29 is 23.8 Å². The predicted molar refractivity (Wildman–Crippen MR) is 239 cm³/mol. The third kappa shape index (κ3) is 30.9. The quantitative estimate of drug-likeness (QED) is 0.0458. The first kappa shape index (κ1) is 52.9. The molecule has 3 atom stereocenters. The molecule has 1 fully saturated rings. The van der Waals surface area contributed by atoms with Crippen LogP contribution in [0.3, 0.4) is 0 Å². The van der Waals surface area contributed by atoms with Crippen LogP contribution in [0.2, 0.25) is 0 Å². The molecule has 332 valence electrons. The zero-order chi connectivity index (χ0) is 41.2. The van der Waals surface area contributed by atoms with E-state index in [-0.39, 0.29) is 17.9 Å². The van der Waals surface area contributed by atoms with Crippen molar-refractivity contribution in [1.29, 1.82) is 0 Å². The summed E-state index contributed by atoms with van der Waals surface area (Å²) in [5.74, 6) is 3.97. The maximum atomic E-state index is 13.2. The van der Waals surface area contributed by atoms with Crippen molar-refractivity contribution in [3.63, 3.8) is 0 Å². The lowest BCUT2D eigenvalue weighted by Crippen LogP contribution is -2.31. The Kier molecular flexibility index (Phi) is 33.8. The van der Waals surface area contributed by atoms with Crippen LogP contribution in [-0.2, 0) is 23.8 Å². The summed E-state index contributed by atoms with van der Waals surface area (Å²) < 4.78 is 17.6. The van der Waals surface area contributed by atoms with E-state index < -0.39 is 0 Å². The number of rotatable bonds is 38. The van der Waals surface area contributed by atoms with E-state index in [0.717, 1.165) is 77.0 Å². The number of carbonyl (C=O) groups excluding carboxylic acids is 2. The largest absolute Gasteiger partial charge is 0.465 e. The number of carbonyl (C=O) groups is 2. The van der Waals surface area contributed by atoms with Gasteiger partial charge in [0.2, 0.25) is 0 Å². The average Bonchev–Trinajstić information content (AvgIpc) is 3.16. The lowest BCUT2D eigenvalue weighted by Gasteiger charge is -2.26. The zero-order valence-electron chi connectivity index (χ0n) is 38.9. The number of hydrogen-bond donors (Lipinski definition) is 0. The van der Waals surface area contributed by atoms with E-state index in [9.17, 15) is 9.59 Å². The second kappa shape index (κ2) is 35.8. The Bertz CT molecular complexity index is 898. The zero-order valence-corrected chi connectivity index (χ0v) is 38.9. The van der Waals surface area contributed by atoms with Crippen molar-refractivity contribution in [2.45, 2.75) is 222 Å². The summed E-state index contributed by atoms with van der Waals surface area (Å²) in [7, 11) is 0. The van der Waals surface area contributed by atoms with Gasteiger partial charge < -0.3 is 19.1 Å². The summed E-state index contributed by atoms with van der Waals surface area (Å²) in [6.07, 6.45) is 30.2. The third-order valence-electron chi connectivity index (χ3n) is 12.6. The summed E-state index contributed by atoms with van der Waals surface area (Å²) in [5, 5.41) is 0. The van der Waals surface area contributed by atoms with Crippen LogP contribution in [0.1, 0.15) is 222 Å². The van der Waals surface area contributed by atoms with Crippen molar-refractivity contribution in [2.75, 3.05) is 46.1 Å². The van der Waals surface area contributed by atoms with E-state index in [2.05, 4.69) is 60.3 Å². The minimum absolute atomic E-state index is 0.0242. The Morgan fingerprint density at radius 1 is 0.482 bits per heavy atom. The molecule has 0 radical (unpaired) electrons. The molecule has 1 rings (SSSR count). The van der Waals surface area contributed by atoms with E-state index in [1.165, 1.54) is 122 Å². The van der Waals surface area contributed by atoms with Gasteiger partial charge in [-0.1, -0.05) is 158 Å². The van der Waals surface area contributed by atoms with Gasteiger partial charge in [-0.2, -0.15) is 0 Å². The van der Waals surface area contributed by atoms with Crippen molar-refractivity contribution in [3.05, 3.63) is 0 Å². The molecule has 56 heavy (non-hydrogen) atoms. The molecule has 6 heteroatoms. The van der Waals surface area contributed by atoms with Crippen molar-refractivity contribution in [3.8, 4) is 0 Å². The van der Waals surface area contributed by atoms with Gasteiger partial charge in [0.15, 0.2) is 0 Å². The highest BCUT2D eigenvalue weighted by atomic mass is 16.5. The lowest BCUT2D eigenvalue weighted by molar-refractivity contribution is -0.149. The first-order chi connectivity index (χ1) is 27.0. The number of piperidine rings is 1. The fourth-order valence-corrected chi connectivity index (χ4v) is 8.16. The molecule has 1 aliphatic heterocycles. The SMILES string of the molecule is CC(C)CCC(COCCCCCCCCCCC(CCCCCCCCCC(=O)OCC(CCC(C)C)C(C)C)C(=O)OCCCN1CCCCC1)C(C)C. The first-order valence-electron chi connectivity index (χ1n) is 24.6. The van der Waals surface area contributed by atoms with Gasteiger partial charge in [0.1, 0.15) is 0 Å². The normalized spacial score (nSPS) is 15.6. The first-order valence-corrected chi connectivity index (χ1v) is 24.6. The Morgan fingerprint density at radius 2 is 0.964 bits per heavy atom. The standard InChI is InChI=1S/C50H97NO5/c1-42(2)31-33-47(44(5)6)40-54-38-26-19-15-10-9-12-16-21-28-46(50(53)55-39-27-37-51-35-24-20-25-36-51)29-22-17-13-11-14-18-23-30-49(52)56-41-48(45(7)8)34-32-43(3)4/h42-48H,9-41H2,1-8H3. The van der Waals surface area contributed by atoms with Crippen LogP contribution in [0, 0.1) is 41.4 Å². The molecule has 0 aromatic heterocycles. The Balaban J connectivity index is 2.24. The van der Waals surface area contributed by atoms with Crippen LogP contribution < -0.4 is 0 Å². The van der Waals surface area contributed by atoms with Gasteiger partial charge in [-0.25, -0.2) is 0 Å². The summed E-state index contributed by atoms with van der Waals surface area (Å²) in [6, 6.07) is 0. The highest BCUT2D eigenvalue weighted by molar-refractivity contribution is 5.72. The molecule has 0 amide bonds. The van der Waals surface area contributed by atoms with Crippen molar-refractivity contribution >= 4 is 11.9 Å². The number of hydrogen-bond acceptors (Lipinski definition) is 6.